The molecule has 0 unspecified atom stereocenters. The highest BCUT2D eigenvalue weighted by Crippen LogP contribution is 2.25. The number of carbonyl (C=O) groups excluding carboxylic acids is 3. The normalized spacial score (nSPS) is 24.2. The molecule has 0 aromatic heterocycles. The van der Waals surface area contributed by atoms with Gasteiger partial charge in [0.1, 0.15) is 5.54 Å². The van der Waals surface area contributed by atoms with Crippen LogP contribution in [0.25, 0.3) is 0 Å². The molecular formula is C10H16N2O4. The van der Waals surface area contributed by atoms with E-state index in [4.69, 9.17) is 4.74 Å². The summed E-state index contributed by atoms with van der Waals surface area (Å²) in [5.41, 5.74) is -1.18. The smallest absolute Gasteiger partial charge is 0.322 e. The van der Waals surface area contributed by atoms with Gasteiger partial charge in [0.15, 0.2) is 0 Å². The fraction of sp³-hybridized carbons (Fsp3) is 0.700. The highest BCUT2D eigenvalue weighted by molar-refractivity contribution is 6.08. The maximum Gasteiger partial charge on any atom is 0.322 e. The predicted octanol–water partition coefficient (Wildman–Crippen LogP) is 0.174. The largest absolute Gasteiger partial charge is 0.466 e. The second-order valence-electron chi connectivity index (χ2n) is 4.02. The van der Waals surface area contributed by atoms with Crippen molar-refractivity contribution in [3.63, 3.8) is 0 Å². The Balaban J connectivity index is 2.86. The molecule has 1 atom stereocenters. The Labute approximate surface area is 93.7 Å². The first-order chi connectivity index (χ1) is 7.42. The zero-order valence-electron chi connectivity index (χ0n) is 9.62. The minimum absolute atomic E-state index is 0.143. The standard InChI is InChI=1S/C10H16N2O4/c1-4-16-7(13)5-10(6(2)3)8(14)11-9(15)12-10/h6H,4-5H2,1-3H3,(H2,11,12,14,15)/t10-/m0/s1. The number of esters is 1. The Kier molecular flexibility index (Phi) is 3.51. The van der Waals surface area contributed by atoms with Crippen molar-refractivity contribution >= 4 is 17.9 Å². The molecule has 0 aromatic rings. The lowest BCUT2D eigenvalue weighted by atomic mass is 9.83. The van der Waals surface area contributed by atoms with E-state index < -0.39 is 23.4 Å². The predicted molar refractivity (Wildman–Crippen MR) is 55.5 cm³/mol. The van der Waals surface area contributed by atoms with Crippen molar-refractivity contribution in [1.82, 2.24) is 10.6 Å². The minimum Gasteiger partial charge on any atom is -0.466 e. The molecule has 1 heterocycles. The summed E-state index contributed by atoms with van der Waals surface area (Å²) in [6.07, 6.45) is -0.143. The molecule has 1 rings (SSSR count). The average Bonchev–Trinajstić information content (AvgIpc) is 2.42. The van der Waals surface area contributed by atoms with E-state index in [2.05, 4.69) is 10.6 Å². The number of nitrogens with one attached hydrogen (secondary N) is 2. The van der Waals surface area contributed by atoms with Crippen LogP contribution < -0.4 is 10.6 Å². The van der Waals surface area contributed by atoms with Crippen LogP contribution in [-0.4, -0.2) is 30.1 Å². The lowest BCUT2D eigenvalue weighted by molar-refractivity contribution is -0.147. The molecular weight excluding hydrogens is 212 g/mol. The molecule has 6 heteroatoms. The van der Waals surface area contributed by atoms with Crippen molar-refractivity contribution in [2.24, 2.45) is 5.92 Å². The van der Waals surface area contributed by atoms with Gasteiger partial charge in [0, 0.05) is 0 Å². The number of urea groups is 1. The molecule has 6 nitrogen and oxygen atoms in total. The molecule has 1 saturated heterocycles. The lowest BCUT2D eigenvalue weighted by Gasteiger charge is -2.28. The first-order valence-corrected chi connectivity index (χ1v) is 5.21. The molecule has 0 spiro atoms. The van der Waals surface area contributed by atoms with Gasteiger partial charge in [-0.15, -0.1) is 0 Å². The number of hydrogen-bond donors (Lipinski definition) is 2. The second kappa shape index (κ2) is 4.51. The third-order valence-corrected chi connectivity index (χ3v) is 2.68. The van der Waals surface area contributed by atoms with E-state index in [0.29, 0.717) is 0 Å². The summed E-state index contributed by atoms with van der Waals surface area (Å²) in [6, 6.07) is -0.567. The van der Waals surface area contributed by atoms with Crippen molar-refractivity contribution in [3.8, 4) is 0 Å². The van der Waals surface area contributed by atoms with E-state index in [0.717, 1.165) is 0 Å². The maximum atomic E-state index is 11.7. The topological polar surface area (TPSA) is 84.5 Å². The van der Waals surface area contributed by atoms with Crippen LogP contribution in [0.3, 0.4) is 0 Å². The van der Waals surface area contributed by atoms with Crippen LogP contribution >= 0.6 is 0 Å². The maximum absolute atomic E-state index is 11.7. The summed E-state index contributed by atoms with van der Waals surface area (Å²) in [5.74, 6) is -1.16. The van der Waals surface area contributed by atoms with Crippen molar-refractivity contribution < 1.29 is 19.1 Å². The SMILES string of the molecule is CCOC(=O)C[C@@]1(C(C)C)NC(=O)NC1=O. The Morgan fingerprint density at radius 2 is 2.06 bits per heavy atom. The fourth-order valence-corrected chi connectivity index (χ4v) is 1.68. The molecule has 0 aromatic carbocycles. The molecule has 0 bridgehead atoms. The summed E-state index contributed by atoms with van der Waals surface area (Å²) in [6.45, 7) is 5.48. The van der Waals surface area contributed by atoms with Gasteiger partial charge in [-0.1, -0.05) is 13.8 Å². The molecule has 2 N–H and O–H groups in total. The van der Waals surface area contributed by atoms with Crippen molar-refractivity contribution in [2.75, 3.05) is 6.61 Å². The van der Waals surface area contributed by atoms with Gasteiger partial charge in [-0.25, -0.2) is 4.79 Å². The summed E-state index contributed by atoms with van der Waals surface area (Å²) in [4.78, 5) is 34.2. The third-order valence-electron chi connectivity index (χ3n) is 2.68. The van der Waals surface area contributed by atoms with Crippen LogP contribution in [0.4, 0.5) is 4.79 Å². The minimum atomic E-state index is -1.18. The van der Waals surface area contributed by atoms with Gasteiger partial charge in [-0.2, -0.15) is 0 Å². The quantitative estimate of drug-likeness (QED) is 0.530. The zero-order valence-corrected chi connectivity index (χ0v) is 9.62. The monoisotopic (exact) mass is 228 g/mol. The Morgan fingerprint density at radius 3 is 2.44 bits per heavy atom. The van der Waals surface area contributed by atoms with Gasteiger partial charge >= 0.3 is 12.0 Å². The summed E-state index contributed by atoms with van der Waals surface area (Å²) < 4.78 is 4.79. The van der Waals surface area contributed by atoms with Gasteiger partial charge in [0.05, 0.1) is 13.0 Å². The first kappa shape index (κ1) is 12.5. The van der Waals surface area contributed by atoms with Gasteiger partial charge in [0.25, 0.3) is 5.91 Å². The van der Waals surface area contributed by atoms with Crippen LogP contribution in [-0.2, 0) is 14.3 Å². The molecule has 0 aliphatic carbocycles. The molecule has 1 aliphatic heterocycles. The van der Waals surface area contributed by atoms with Crippen LogP contribution in [0, 0.1) is 5.92 Å². The first-order valence-electron chi connectivity index (χ1n) is 5.21. The van der Waals surface area contributed by atoms with Gasteiger partial charge in [0.2, 0.25) is 0 Å². The molecule has 90 valence electrons. The van der Waals surface area contributed by atoms with E-state index in [-0.39, 0.29) is 18.9 Å². The number of ether oxygens (including phenoxy) is 1. The summed E-state index contributed by atoms with van der Waals surface area (Å²) >= 11 is 0. The van der Waals surface area contributed by atoms with E-state index >= 15 is 0 Å². The highest BCUT2D eigenvalue weighted by Gasteiger charge is 2.50. The molecule has 3 amide bonds. The van der Waals surface area contributed by atoms with Crippen LogP contribution in [0.15, 0.2) is 0 Å². The third kappa shape index (κ3) is 2.15. The van der Waals surface area contributed by atoms with Crippen molar-refractivity contribution in [1.29, 1.82) is 0 Å². The number of imide groups is 1. The number of carbonyl (C=O) groups is 3. The number of amides is 3. The van der Waals surface area contributed by atoms with Gasteiger partial charge < -0.3 is 10.1 Å². The Bertz CT molecular complexity index is 327. The van der Waals surface area contributed by atoms with Crippen molar-refractivity contribution in [2.45, 2.75) is 32.7 Å². The van der Waals surface area contributed by atoms with Gasteiger partial charge in [-0.05, 0) is 12.8 Å². The zero-order chi connectivity index (χ0) is 12.3. The summed E-state index contributed by atoms with van der Waals surface area (Å²) in [7, 11) is 0. The molecule has 16 heavy (non-hydrogen) atoms. The number of hydrogen-bond acceptors (Lipinski definition) is 4. The Hall–Kier alpha value is -1.59. The lowest BCUT2D eigenvalue weighted by Crippen LogP contribution is -2.53. The van der Waals surface area contributed by atoms with E-state index in [1.807, 2.05) is 0 Å². The number of rotatable bonds is 4. The Morgan fingerprint density at radius 1 is 1.44 bits per heavy atom. The molecule has 0 saturated carbocycles. The average molecular weight is 228 g/mol. The second-order valence-corrected chi connectivity index (χ2v) is 4.02. The van der Waals surface area contributed by atoms with E-state index in [1.54, 1.807) is 20.8 Å². The van der Waals surface area contributed by atoms with Crippen LogP contribution in [0.1, 0.15) is 27.2 Å². The van der Waals surface area contributed by atoms with Crippen molar-refractivity contribution in [3.05, 3.63) is 0 Å². The van der Waals surface area contributed by atoms with Gasteiger partial charge in [-0.3, -0.25) is 14.9 Å². The van der Waals surface area contributed by atoms with E-state index in [1.165, 1.54) is 0 Å². The molecule has 1 fully saturated rings. The highest BCUT2D eigenvalue weighted by atomic mass is 16.5. The van der Waals surface area contributed by atoms with Crippen LogP contribution in [0.5, 0.6) is 0 Å². The molecule has 1 aliphatic rings. The molecule has 0 radical (unpaired) electrons. The van der Waals surface area contributed by atoms with Crippen LogP contribution in [0.2, 0.25) is 0 Å². The summed E-state index contributed by atoms with van der Waals surface area (Å²) in [5, 5.41) is 4.65. The fourth-order valence-electron chi connectivity index (χ4n) is 1.68. The van der Waals surface area contributed by atoms with E-state index in [9.17, 15) is 14.4 Å².